The van der Waals surface area contributed by atoms with Gasteiger partial charge in [0.15, 0.2) is 16.1 Å². The zero-order chi connectivity index (χ0) is 62.5. The average Bonchev–Trinajstić information content (AvgIpc) is 0.699. The van der Waals surface area contributed by atoms with E-state index in [0.717, 1.165) is 0 Å². The lowest BCUT2D eigenvalue weighted by Crippen LogP contribution is -2.75. The maximum atomic E-state index is 2.73. The van der Waals surface area contributed by atoms with Gasteiger partial charge in [-0.25, -0.2) is 0 Å². The van der Waals surface area contributed by atoms with E-state index in [2.05, 4.69) is 384 Å². The van der Waals surface area contributed by atoms with Crippen molar-refractivity contribution < 1.29 is 0 Å². The number of anilines is 3. The smallest absolute Gasteiger partial charge is 0.249 e. The zero-order valence-electron chi connectivity index (χ0n) is 52.5. The molecule has 16 rings (SSSR count). The van der Waals surface area contributed by atoms with Gasteiger partial charge >= 0.3 is 0 Å². The molecule has 14 aromatic carbocycles. The molecule has 0 bridgehead atoms. The highest BCUT2D eigenvalue weighted by Gasteiger charge is 2.48. The molecule has 0 aliphatic carbocycles. The zero-order valence-corrected chi connectivity index (χ0v) is 55.3. The predicted molar refractivity (Wildman–Crippen MR) is 404 cm³/mol. The van der Waals surface area contributed by atoms with E-state index in [1.165, 1.54) is 135 Å². The minimum atomic E-state index is -3.22. The molecule has 0 unspecified atom stereocenters. The number of fused-ring (bicyclic) bond motifs is 4. The molecule has 5 heteroatoms. The molecule has 2 aliphatic heterocycles. The van der Waals surface area contributed by atoms with Gasteiger partial charge in [0.05, 0.1) is 5.69 Å². The third-order valence-electron chi connectivity index (χ3n) is 19.6. The predicted octanol–water partition coefficient (Wildman–Crippen LogP) is 15.2. The highest BCUT2D eigenvalue weighted by molar-refractivity contribution is 8.00. The second-order valence-electron chi connectivity index (χ2n) is 25.8. The van der Waals surface area contributed by atoms with Gasteiger partial charge in [-0.15, -0.1) is 0 Å². The van der Waals surface area contributed by atoms with E-state index in [1.54, 1.807) is 0 Å². The van der Waals surface area contributed by atoms with E-state index in [9.17, 15) is 0 Å². The Kier molecular flexibility index (Phi) is 15.0. The summed E-state index contributed by atoms with van der Waals surface area (Å²) < 4.78 is 0. The number of hydrogen-bond acceptors (Lipinski definition) is 2. The Labute approximate surface area is 554 Å². The Morgan fingerprint density at radius 1 is 0.280 bits per heavy atom. The fourth-order valence-corrected chi connectivity index (χ4v) is 26.2. The Balaban J connectivity index is 1.01. The van der Waals surface area contributed by atoms with Crippen molar-refractivity contribution in [3.05, 3.63) is 363 Å². The van der Waals surface area contributed by atoms with Crippen LogP contribution in [0.2, 0.25) is 0 Å². The number of rotatable bonds is 13. The quantitative estimate of drug-likeness (QED) is 0.0836. The molecule has 0 N–H and O–H groups in total. The highest BCUT2D eigenvalue weighted by Crippen LogP contribution is 2.50. The first-order valence-electron chi connectivity index (χ1n) is 32.5. The second-order valence-corrected chi connectivity index (χ2v) is 34.5. The lowest BCUT2D eigenvalue weighted by molar-refractivity contribution is 0.589. The summed E-state index contributed by atoms with van der Waals surface area (Å²) in [4.78, 5) is 5.34. The SMILES string of the molecule is CC(C)(C)c1cc2c3c(c1)N(c1c(-c4ccccc4)cccc1-c1ccccc1)c1cc([Si](c4ccccc4)(c4ccccc4)c4cccc(-c5ccccc5)c4)ccc1B3c1ccc([Si](c3ccccc3)(c3ccccc3)c3cccc(-c4ccccc4)c3)cc1S2. The topological polar surface area (TPSA) is 3.24 Å². The van der Waals surface area contributed by atoms with E-state index in [0.29, 0.717) is 0 Å². The molecule has 0 saturated carbocycles. The van der Waals surface area contributed by atoms with Crippen LogP contribution in [0, 0.1) is 0 Å². The average molecular weight is 1240 g/mol. The summed E-state index contributed by atoms with van der Waals surface area (Å²) in [5.74, 6) is 0. The highest BCUT2D eigenvalue weighted by atomic mass is 32.2. The van der Waals surface area contributed by atoms with Gasteiger partial charge in [0, 0.05) is 32.3 Å². The largest absolute Gasteiger partial charge is 0.310 e. The standard InChI is InChI=1S/C88H68BNSSi2/c1-88(2,3)69-59-83-86-85(60-69)91-84-62-77(93(72-45-24-10-25-46-72,73-47-26-11-27-48-73)75-50-29-40-68(58-75)64-33-14-5-15-34-64)54-56-81(84)89(86)80-55-53-76(61-82(80)90(83)87-78(65-35-16-6-17-36-65)51-30-52-79(87)66-37-18-7-19-38-66)92(70-41-20-8-21-42-70,71-43-22-9-23-44-71)74-49-28-39-67(57-74)63-31-12-4-13-32-63/h4-62H,1-3H3. The molecular formula is C88H68BNSSi2. The van der Waals surface area contributed by atoms with E-state index < -0.39 is 16.1 Å². The molecule has 14 aromatic rings. The number of para-hydroxylation sites is 1. The minimum Gasteiger partial charge on any atom is -0.310 e. The summed E-state index contributed by atoms with van der Waals surface area (Å²) >= 11 is 1.97. The van der Waals surface area contributed by atoms with Crippen LogP contribution in [-0.4, -0.2) is 22.9 Å². The summed E-state index contributed by atoms with van der Waals surface area (Å²) in [7, 11) is -6.28. The van der Waals surface area contributed by atoms with Gasteiger partial charge in [-0.2, -0.15) is 0 Å². The van der Waals surface area contributed by atoms with Gasteiger partial charge in [0.25, 0.3) is 0 Å². The molecule has 93 heavy (non-hydrogen) atoms. The molecule has 0 amide bonds. The molecule has 442 valence electrons. The molecule has 0 aromatic heterocycles. The van der Waals surface area contributed by atoms with E-state index in [-0.39, 0.29) is 12.1 Å². The number of nitrogens with zero attached hydrogens (tertiary/aromatic N) is 1. The van der Waals surface area contributed by atoms with Crippen molar-refractivity contribution in [2.24, 2.45) is 0 Å². The van der Waals surface area contributed by atoms with Crippen LogP contribution in [-0.2, 0) is 5.41 Å². The fraction of sp³-hybridized carbons (Fsp3) is 0.0455. The second kappa shape index (κ2) is 24.1. The summed E-state index contributed by atoms with van der Waals surface area (Å²) in [5, 5.41) is 10.8. The van der Waals surface area contributed by atoms with Crippen molar-refractivity contribution in [3.8, 4) is 44.5 Å². The Hall–Kier alpha value is -10.3. The lowest BCUT2D eigenvalue weighted by Gasteiger charge is -2.44. The van der Waals surface area contributed by atoms with Gasteiger partial charge in [-0.05, 0) is 121 Å². The van der Waals surface area contributed by atoms with Crippen molar-refractivity contribution in [2.75, 3.05) is 4.90 Å². The first-order valence-corrected chi connectivity index (χ1v) is 37.3. The Morgan fingerprint density at radius 3 is 1.06 bits per heavy atom. The Bertz CT molecular complexity index is 4890. The monoisotopic (exact) mass is 1240 g/mol. The van der Waals surface area contributed by atoms with Crippen molar-refractivity contribution in [2.45, 2.75) is 36.0 Å². The molecule has 0 radical (unpaired) electrons. The van der Waals surface area contributed by atoms with Crippen LogP contribution in [0.25, 0.3) is 44.5 Å². The number of hydrogen-bond donors (Lipinski definition) is 0. The van der Waals surface area contributed by atoms with Crippen LogP contribution in [0.1, 0.15) is 26.3 Å². The fourth-order valence-electron chi connectivity index (χ4n) is 15.2. The van der Waals surface area contributed by atoms with Crippen molar-refractivity contribution in [1.82, 2.24) is 0 Å². The van der Waals surface area contributed by atoms with Crippen LogP contribution < -0.4 is 62.8 Å². The molecule has 0 saturated heterocycles. The van der Waals surface area contributed by atoms with E-state index in [4.69, 9.17) is 0 Å². The van der Waals surface area contributed by atoms with Gasteiger partial charge < -0.3 is 4.90 Å². The lowest BCUT2D eigenvalue weighted by atomic mass is 9.34. The molecule has 2 heterocycles. The normalized spacial score (nSPS) is 12.6. The summed E-state index contributed by atoms with van der Waals surface area (Å²) in [6.45, 7) is 7.06. The van der Waals surface area contributed by atoms with E-state index >= 15 is 0 Å². The van der Waals surface area contributed by atoms with E-state index in [1.807, 2.05) is 11.8 Å². The van der Waals surface area contributed by atoms with Gasteiger partial charge in [-0.3, -0.25) is 0 Å². The van der Waals surface area contributed by atoms with Gasteiger partial charge in [0.1, 0.15) is 0 Å². The van der Waals surface area contributed by atoms with Crippen LogP contribution in [0.4, 0.5) is 17.1 Å². The molecular weight excluding hydrogens is 1170 g/mol. The van der Waals surface area contributed by atoms with Crippen LogP contribution in [0.15, 0.2) is 368 Å². The van der Waals surface area contributed by atoms with Gasteiger partial charge in [-0.1, -0.05) is 372 Å². The third-order valence-corrected chi connectivity index (χ3v) is 30.2. The first kappa shape index (κ1) is 57.9. The van der Waals surface area contributed by atoms with Crippen molar-refractivity contribution in [1.29, 1.82) is 0 Å². The first-order chi connectivity index (χ1) is 45.8. The maximum Gasteiger partial charge on any atom is 0.249 e. The van der Waals surface area contributed by atoms with Crippen LogP contribution >= 0.6 is 11.8 Å². The van der Waals surface area contributed by atoms with Crippen LogP contribution in [0.5, 0.6) is 0 Å². The van der Waals surface area contributed by atoms with Crippen LogP contribution in [0.3, 0.4) is 0 Å². The molecule has 1 nitrogen and oxygen atoms in total. The molecule has 2 aliphatic rings. The maximum absolute atomic E-state index is 3.22. The summed E-state index contributed by atoms with van der Waals surface area (Å²) in [5.41, 5.74) is 18.2. The minimum absolute atomic E-state index is 0.101. The van der Waals surface area contributed by atoms with Gasteiger partial charge in [0.2, 0.25) is 6.71 Å². The summed E-state index contributed by atoms with van der Waals surface area (Å²) in [6.07, 6.45) is 0. The molecule has 0 fully saturated rings. The molecule has 0 spiro atoms. The third kappa shape index (κ3) is 10.0. The Morgan fingerprint density at radius 2 is 0.634 bits per heavy atom. The summed E-state index contributed by atoms with van der Waals surface area (Å²) in [6, 6.07) is 136. The van der Waals surface area contributed by atoms with Crippen molar-refractivity contribution in [3.63, 3.8) is 0 Å². The molecule has 0 atom stereocenters. The van der Waals surface area contributed by atoms with Crippen molar-refractivity contribution >= 4 is 110 Å². The number of benzene rings is 14.